The first kappa shape index (κ1) is 20.3. The van der Waals surface area contributed by atoms with Crippen molar-refractivity contribution >= 4 is 5.91 Å². The van der Waals surface area contributed by atoms with Crippen LogP contribution in [0.1, 0.15) is 33.6 Å². The first-order valence-electron chi connectivity index (χ1n) is 7.51. The van der Waals surface area contributed by atoms with E-state index in [4.69, 9.17) is 0 Å². The maximum atomic E-state index is 11.3. The molecule has 0 rings (SSSR count). The molecule has 0 aliphatic rings. The number of amides is 1. The van der Waals surface area contributed by atoms with Gasteiger partial charge in [-0.25, -0.2) is 0 Å². The fourth-order valence-electron chi connectivity index (χ4n) is 1.70. The molecule has 0 bridgehead atoms. The minimum atomic E-state index is -1.40. The number of carbonyl (C=O) groups is 1. The first-order valence-corrected chi connectivity index (χ1v) is 7.51. The molecular formula is C14H30N2O5. The Hall–Kier alpha value is -0.730. The molecule has 126 valence electrons. The van der Waals surface area contributed by atoms with E-state index in [-0.39, 0.29) is 18.4 Å². The van der Waals surface area contributed by atoms with E-state index in [9.17, 15) is 25.2 Å². The Bertz CT molecular complexity index is 289. The molecular weight excluding hydrogens is 276 g/mol. The van der Waals surface area contributed by atoms with Gasteiger partial charge in [0.2, 0.25) is 5.91 Å². The zero-order valence-corrected chi connectivity index (χ0v) is 13.1. The highest BCUT2D eigenvalue weighted by Crippen LogP contribution is 2.07. The van der Waals surface area contributed by atoms with Crippen molar-refractivity contribution < 1.29 is 25.2 Å². The van der Waals surface area contributed by atoms with Crippen molar-refractivity contribution in [3.8, 4) is 0 Å². The van der Waals surface area contributed by atoms with Crippen LogP contribution in [0.25, 0.3) is 0 Å². The van der Waals surface area contributed by atoms with Crippen molar-refractivity contribution in [3.05, 3.63) is 0 Å². The molecule has 0 saturated heterocycles. The summed E-state index contributed by atoms with van der Waals surface area (Å²) in [6, 6.07) is 0. The molecule has 4 atom stereocenters. The van der Waals surface area contributed by atoms with Crippen LogP contribution in [-0.4, -0.2) is 70.4 Å². The summed E-state index contributed by atoms with van der Waals surface area (Å²) in [5.41, 5.74) is 0. The number of rotatable bonds is 11. The van der Waals surface area contributed by atoms with Gasteiger partial charge >= 0.3 is 0 Å². The third-order valence-corrected chi connectivity index (χ3v) is 3.26. The van der Waals surface area contributed by atoms with E-state index < -0.39 is 24.4 Å². The molecule has 0 saturated carbocycles. The summed E-state index contributed by atoms with van der Waals surface area (Å²) in [6.45, 7) is 6.53. The molecule has 1 amide bonds. The van der Waals surface area contributed by atoms with E-state index in [1.54, 1.807) is 6.92 Å². The standard InChI is InChI=1S/C14H30N2O5/c1-4-10(17)12(19)13(20)11(18)8-15-6-5-7-16-14(21)9(2)3/h9-13,15,17-20H,4-8H2,1-3H3,(H,16,21). The van der Waals surface area contributed by atoms with Crippen molar-refractivity contribution in [1.82, 2.24) is 10.6 Å². The molecule has 7 heteroatoms. The van der Waals surface area contributed by atoms with Crippen LogP contribution in [0.5, 0.6) is 0 Å². The largest absolute Gasteiger partial charge is 0.390 e. The second-order valence-electron chi connectivity index (χ2n) is 5.53. The van der Waals surface area contributed by atoms with Gasteiger partial charge in [-0.3, -0.25) is 4.79 Å². The van der Waals surface area contributed by atoms with Gasteiger partial charge in [-0.05, 0) is 19.4 Å². The van der Waals surface area contributed by atoms with Gasteiger partial charge in [-0.15, -0.1) is 0 Å². The molecule has 0 aliphatic heterocycles. The van der Waals surface area contributed by atoms with Gasteiger partial charge in [0.1, 0.15) is 12.2 Å². The molecule has 0 fully saturated rings. The average Bonchev–Trinajstić information content (AvgIpc) is 2.47. The second-order valence-corrected chi connectivity index (χ2v) is 5.53. The summed E-state index contributed by atoms with van der Waals surface area (Å²) >= 11 is 0. The molecule has 0 spiro atoms. The van der Waals surface area contributed by atoms with E-state index >= 15 is 0 Å². The summed E-state index contributed by atoms with van der Waals surface area (Å²) in [6.07, 6.45) is -3.98. The fraction of sp³-hybridized carbons (Fsp3) is 0.929. The van der Waals surface area contributed by atoms with E-state index in [1.807, 2.05) is 13.8 Å². The quantitative estimate of drug-likeness (QED) is 0.261. The van der Waals surface area contributed by atoms with E-state index in [0.29, 0.717) is 25.9 Å². The topological polar surface area (TPSA) is 122 Å². The summed E-state index contributed by atoms with van der Waals surface area (Å²) < 4.78 is 0. The van der Waals surface area contributed by atoms with Crippen LogP contribution >= 0.6 is 0 Å². The van der Waals surface area contributed by atoms with E-state index in [2.05, 4.69) is 10.6 Å². The number of hydrogen-bond acceptors (Lipinski definition) is 6. The number of aliphatic hydroxyl groups is 4. The minimum Gasteiger partial charge on any atom is -0.390 e. The van der Waals surface area contributed by atoms with Gasteiger partial charge in [0.05, 0.1) is 12.2 Å². The maximum Gasteiger partial charge on any atom is 0.222 e. The molecule has 7 nitrogen and oxygen atoms in total. The van der Waals surface area contributed by atoms with E-state index in [1.165, 1.54) is 0 Å². The summed E-state index contributed by atoms with van der Waals surface area (Å²) in [5, 5.41) is 44.0. The third-order valence-electron chi connectivity index (χ3n) is 3.26. The van der Waals surface area contributed by atoms with Crippen LogP contribution in [0.2, 0.25) is 0 Å². The van der Waals surface area contributed by atoms with Crippen LogP contribution in [0, 0.1) is 5.92 Å². The zero-order chi connectivity index (χ0) is 16.4. The Balaban J connectivity index is 3.75. The van der Waals surface area contributed by atoms with Crippen LogP contribution in [-0.2, 0) is 4.79 Å². The summed E-state index contributed by atoms with van der Waals surface area (Å²) in [4.78, 5) is 11.3. The molecule has 0 radical (unpaired) electrons. The van der Waals surface area contributed by atoms with Crippen molar-refractivity contribution in [2.75, 3.05) is 19.6 Å². The van der Waals surface area contributed by atoms with Crippen LogP contribution in [0.3, 0.4) is 0 Å². The number of carbonyl (C=O) groups excluding carboxylic acids is 1. The molecule has 4 unspecified atom stereocenters. The normalized spacial score (nSPS) is 17.3. The SMILES string of the molecule is CCC(O)C(O)C(O)C(O)CNCCCNC(=O)C(C)C. The highest BCUT2D eigenvalue weighted by Gasteiger charge is 2.28. The Kier molecular flexibility index (Phi) is 10.5. The Morgan fingerprint density at radius 3 is 2.10 bits per heavy atom. The van der Waals surface area contributed by atoms with Crippen molar-refractivity contribution in [1.29, 1.82) is 0 Å². The lowest BCUT2D eigenvalue weighted by atomic mass is 10.0. The second kappa shape index (κ2) is 10.9. The van der Waals surface area contributed by atoms with Gasteiger partial charge < -0.3 is 31.1 Å². The Morgan fingerprint density at radius 1 is 1.00 bits per heavy atom. The molecule has 0 aromatic heterocycles. The van der Waals surface area contributed by atoms with Gasteiger partial charge in [0, 0.05) is 19.0 Å². The predicted molar refractivity (Wildman–Crippen MR) is 79.7 cm³/mol. The Labute approximate surface area is 126 Å². The highest BCUT2D eigenvalue weighted by molar-refractivity contribution is 5.77. The van der Waals surface area contributed by atoms with E-state index in [0.717, 1.165) is 0 Å². The Morgan fingerprint density at radius 2 is 1.57 bits per heavy atom. The lowest BCUT2D eigenvalue weighted by Gasteiger charge is -2.26. The average molecular weight is 306 g/mol. The van der Waals surface area contributed by atoms with Crippen LogP contribution in [0.15, 0.2) is 0 Å². The third kappa shape index (κ3) is 8.33. The number of aliphatic hydroxyl groups excluding tert-OH is 4. The monoisotopic (exact) mass is 306 g/mol. The van der Waals surface area contributed by atoms with Gasteiger partial charge in [0.25, 0.3) is 0 Å². The summed E-state index contributed by atoms with van der Waals surface area (Å²) in [5.74, 6) is -0.0384. The van der Waals surface area contributed by atoms with Gasteiger partial charge in [-0.2, -0.15) is 0 Å². The first-order chi connectivity index (χ1) is 9.81. The lowest BCUT2D eigenvalue weighted by molar-refractivity contribution is -0.123. The predicted octanol–water partition coefficient (Wildman–Crippen LogP) is -1.41. The number of nitrogens with one attached hydrogen (secondary N) is 2. The summed E-state index contributed by atoms with van der Waals surface area (Å²) in [7, 11) is 0. The molecule has 0 aliphatic carbocycles. The molecule has 0 heterocycles. The smallest absolute Gasteiger partial charge is 0.222 e. The minimum absolute atomic E-state index is 0.00197. The van der Waals surface area contributed by atoms with Crippen LogP contribution in [0.4, 0.5) is 0 Å². The van der Waals surface area contributed by atoms with Crippen molar-refractivity contribution in [2.24, 2.45) is 5.92 Å². The van der Waals surface area contributed by atoms with Crippen molar-refractivity contribution in [3.63, 3.8) is 0 Å². The molecule has 6 N–H and O–H groups in total. The van der Waals surface area contributed by atoms with Crippen LogP contribution < -0.4 is 10.6 Å². The maximum absolute atomic E-state index is 11.3. The fourth-order valence-corrected chi connectivity index (χ4v) is 1.70. The number of hydrogen-bond donors (Lipinski definition) is 6. The van der Waals surface area contributed by atoms with Gasteiger partial charge in [-0.1, -0.05) is 20.8 Å². The van der Waals surface area contributed by atoms with Crippen molar-refractivity contribution in [2.45, 2.75) is 58.0 Å². The molecule has 0 aromatic carbocycles. The highest BCUT2D eigenvalue weighted by atomic mass is 16.4. The van der Waals surface area contributed by atoms with Gasteiger partial charge in [0.15, 0.2) is 0 Å². The molecule has 0 aromatic rings. The lowest BCUT2D eigenvalue weighted by Crippen LogP contribution is -2.48. The zero-order valence-electron chi connectivity index (χ0n) is 13.1. The molecule has 21 heavy (non-hydrogen) atoms.